The molecule has 1 aromatic rings. The summed E-state index contributed by atoms with van der Waals surface area (Å²) in [6.07, 6.45) is 0.269. The zero-order valence-electron chi connectivity index (χ0n) is 19.0. The van der Waals surface area contributed by atoms with E-state index >= 15 is 0 Å². The fraction of sp³-hybridized carbons (Fsp3) is 0.667. The summed E-state index contributed by atoms with van der Waals surface area (Å²) >= 11 is 0. The Bertz CT molecular complexity index is 936. The third-order valence-electron chi connectivity index (χ3n) is 5.73. The first-order valence-electron chi connectivity index (χ1n) is 10.3. The van der Waals surface area contributed by atoms with Gasteiger partial charge in [0.25, 0.3) is 0 Å². The molecule has 7 nitrogen and oxygen atoms in total. The topological polar surface area (TPSA) is 90.9 Å². The number of carbonyl (C=O) groups is 1. The Kier molecular flexibility index (Phi) is 7.45. The number of ether oxygens (including phenoxy) is 2. The van der Waals surface area contributed by atoms with Crippen LogP contribution in [0.25, 0.3) is 0 Å². The van der Waals surface area contributed by atoms with Crippen LogP contribution in [-0.4, -0.2) is 44.9 Å². The maximum atomic E-state index is 12.8. The van der Waals surface area contributed by atoms with E-state index in [1.807, 2.05) is 13.8 Å². The molecule has 1 amide bonds. The van der Waals surface area contributed by atoms with E-state index in [1.165, 1.54) is 25.3 Å². The summed E-state index contributed by atoms with van der Waals surface area (Å²) in [5, 5.41) is 2.88. The van der Waals surface area contributed by atoms with Crippen LogP contribution in [-0.2, 0) is 31.4 Å². The number of fused-ring (bicyclic) bond motifs is 1. The summed E-state index contributed by atoms with van der Waals surface area (Å²) in [6, 6.07) is 3.46. The summed E-state index contributed by atoms with van der Waals surface area (Å²) in [6.45, 7) is 8.96. The summed E-state index contributed by atoms with van der Waals surface area (Å²) in [7, 11) is -4.29. The molecule has 1 N–H and O–H groups in total. The predicted molar refractivity (Wildman–Crippen MR) is 112 cm³/mol. The zero-order valence-corrected chi connectivity index (χ0v) is 19.8. The first-order chi connectivity index (χ1) is 14.6. The first kappa shape index (κ1) is 26.2. The van der Waals surface area contributed by atoms with Gasteiger partial charge in [-0.1, -0.05) is 19.9 Å². The number of rotatable bonds is 6. The van der Waals surface area contributed by atoms with E-state index in [1.54, 1.807) is 20.8 Å². The minimum atomic E-state index is -5.81. The van der Waals surface area contributed by atoms with Crippen LogP contribution in [0.5, 0.6) is 5.75 Å². The summed E-state index contributed by atoms with van der Waals surface area (Å²) in [5.74, 6) is -0.445. The minimum absolute atomic E-state index is 0.361. The largest absolute Gasteiger partial charge is 0.534 e. The quantitative estimate of drug-likeness (QED) is 0.477. The van der Waals surface area contributed by atoms with E-state index in [4.69, 9.17) is 9.47 Å². The smallest absolute Gasteiger partial charge is 0.444 e. The molecule has 2 atom stereocenters. The molecule has 0 bridgehead atoms. The van der Waals surface area contributed by atoms with Crippen molar-refractivity contribution in [2.24, 2.45) is 0 Å². The highest BCUT2D eigenvalue weighted by atomic mass is 32.2. The van der Waals surface area contributed by atoms with Crippen molar-refractivity contribution < 1.29 is 40.0 Å². The van der Waals surface area contributed by atoms with Crippen LogP contribution in [0.3, 0.4) is 0 Å². The molecule has 11 heteroatoms. The second kappa shape index (κ2) is 9.09. The van der Waals surface area contributed by atoms with E-state index < -0.39 is 50.6 Å². The van der Waals surface area contributed by atoms with Gasteiger partial charge in [0.1, 0.15) is 11.4 Å². The number of benzene rings is 1. The van der Waals surface area contributed by atoms with Crippen molar-refractivity contribution in [3.05, 3.63) is 29.3 Å². The SMILES string of the molecule is CCC1(CC)c2cc(OS(=O)(=O)C(F)(F)F)ccc2CC(OC)C1NC(=O)OC(C)(C)C. The average Bonchev–Trinajstić information content (AvgIpc) is 2.65. The fourth-order valence-corrected chi connectivity index (χ4v) is 4.69. The second-order valence-corrected chi connectivity index (χ2v) is 10.3. The predicted octanol–water partition coefficient (Wildman–Crippen LogP) is 4.44. The lowest BCUT2D eigenvalue weighted by atomic mass is 9.62. The molecule has 2 rings (SSSR count). The number of halogens is 3. The third-order valence-corrected chi connectivity index (χ3v) is 6.71. The minimum Gasteiger partial charge on any atom is -0.444 e. The molecule has 0 aromatic heterocycles. The van der Waals surface area contributed by atoms with Crippen molar-refractivity contribution in [1.29, 1.82) is 0 Å². The van der Waals surface area contributed by atoms with Crippen LogP contribution in [0.2, 0.25) is 0 Å². The van der Waals surface area contributed by atoms with Crippen LogP contribution >= 0.6 is 0 Å². The van der Waals surface area contributed by atoms with Crippen molar-refractivity contribution in [3.8, 4) is 5.75 Å². The normalized spacial score (nSPS) is 20.9. The van der Waals surface area contributed by atoms with Crippen molar-refractivity contribution >= 4 is 16.2 Å². The van der Waals surface area contributed by atoms with Crippen LogP contribution in [0.15, 0.2) is 18.2 Å². The Balaban J connectivity index is 2.54. The lowest BCUT2D eigenvalue weighted by Crippen LogP contribution is -2.60. The molecular formula is C21H30F3NO6S. The molecule has 0 saturated carbocycles. The van der Waals surface area contributed by atoms with Gasteiger partial charge in [0.15, 0.2) is 0 Å². The molecule has 0 aliphatic heterocycles. The number of hydrogen-bond acceptors (Lipinski definition) is 6. The molecule has 0 fully saturated rings. The Morgan fingerprint density at radius 1 is 1.19 bits per heavy atom. The molecule has 0 heterocycles. The third kappa shape index (κ3) is 5.31. The van der Waals surface area contributed by atoms with Crippen LogP contribution in [0.4, 0.5) is 18.0 Å². The van der Waals surface area contributed by atoms with Gasteiger partial charge < -0.3 is 19.0 Å². The standard InChI is InChI=1S/C21H30F3NO6S/c1-7-20(8-2)15-12-14(31-32(27,28)21(22,23)24)10-9-13(15)11-16(29-6)17(20)25-18(26)30-19(3,4)5/h9-10,12,16-17H,7-8,11H2,1-6H3,(H,25,26). The van der Waals surface area contributed by atoms with E-state index in [0.29, 0.717) is 24.8 Å². The maximum Gasteiger partial charge on any atom is 0.534 e. The van der Waals surface area contributed by atoms with Gasteiger partial charge in [-0.2, -0.15) is 21.6 Å². The Morgan fingerprint density at radius 3 is 2.25 bits per heavy atom. The van der Waals surface area contributed by atoms with E-state index in [2.05, 4.69) is 9.50 Å². The zero-order chi connectivity index (χ0) is 24.5. The number of amides is 1. The highest BCUT2D eigenvalue weighted by Gasteiger charge is 2.50. The lowest BCUT2D eigenvalue weighted by molar-refractivity contribution is -0.0500. The van der Waals surface area contributed by atoms with Gasteiger partial charge in [-0.15, -0.1) is 0 Å². The number of carbonyl (C=O) groups excluding carboxylic acids is 1. The van der Waals surface area contributed by atoms with Crippen molar-refractivity contribution in [2.45, 2.75) is 82.6 Å². The molecule has 0 saturated heterocycles. The van der Waals surface area contributed by atoms with E-state index in [-0.39, 0.29) is 0 Å². The summed E-state index contributed by atoms with van der Waals surface area (Å²) in [5.41, 5.74) is -5.65. The highest BCUT2D eigenvalue weighted by Crippen LogP contribution is 2.45. The number of alkyl halides is 3. The molecule has 32 heavy (non-hydrogen) atoms. The van der Waals surface area contributed by atoms with Crippen LogP contribution < -0.4 is 9.50 Å². The Hall–Kier alpha value is -2.01. The van der Waals surface area contributed by atoms with Gasteiger partial charge in [-0.05, 0) is 56.9 Å². The summed E-state index contributed by atoms with van der Waals surface area (Å²) in [4.78, 5) is 12.6. The van der Waals surface area contributed by atoms with Gasteiger partial charge in [0, 0.05) is 18.9 Å². The fourth-order valence-electron chi connectivity index (χ4n) is 4.24. The highest BCUT2D eigenvalue weighted by molar-refractivity contribution is 7.88. The Labute approximate surface area is 186 Å². The molecular weight excluding hydrogens is 451 g/mol. The lowest BCUT2D eigenvalue weighted by Gasteiger charge is -2.48. The van der Waals surface area contributed by atoms with Gasteiger partial charge in [0.05, 0.1) is 12.1 Å². The second-order valence-electron chi connectivity index (χ2n) is 8.77. The number of nitrogens with one attached hydrogen (secondary N) is 1. The van der Waals surface area contributed by atoms with Gasteiger partial charge in [0.2, 0.25) is 0 Å². The van der Waals surface area contributed by atoms with Gasteiger partial charge in [-0.25, -0.2) is 4.79 Å². The molecule has 1 aromatic carbocycles. The van der Waals surface area contributed by atoms with E-state index in [0.717, 1.165) is 5.56 Å². The van der Waals surface area contributed by atoms with Gasteiger partial charge in [-0.3, -0.25) is 0 Å². The monoisotopic (exact) mass is 481 g/mol. The van der Waals surface area contributed by atoms with Crippen molar-refractivity contribution in [1.82, 2.24) is 5.32 Å². The number of alkyl carbamates (subject to hydrolysis) is 1. The molecule has 182 valence electrons. The first-order valence-corrected chi connectivity index (χ1v) is 11.7. The molecule has 1 aliphatic carbocycles. The molecule has 2 unspecified atom stereocenters. The average molecular weight is 482 g/mol. The van der Waals surface area contributed by atoms with E-state index in [9.17, 15) is 26.4 Å². The summed E-state index contributed by atoms with van der Waals surface area (Å²) < 4.78 is 76.8. The van der Waals surface area contributed by atoms with Crippen LogP contribution in [0.1, 0.15) is 58.6 Å². The Morgan fingerprint density at radius 2 is 1.78 bits per heavy atom. The maximum absolute atomic E-state index is 12.8. The van der Waals surface area contributed by atoms with Crippen LogP contribution in [0, 0.1) is 0 Å². The molecule has 1 aliphatic rings. The number of methoxy groups -OCH3 is 1. The van der Waals surface area contributed by atoms with Crippen molar-refractivity contribution in [3.63, 3.8) is 0 Å². The number of hydrogen-bond donors (Lipinski definition) is 1. The molecule has 0 radical (unpaired) electrons. The van der Waals surface area contributed by atoms with Gasteiger partial charge >= 0.3 is 21.7 Å². The van der Waals surface area contributed by atoms with Crippen molar-refractivity contribution in [2.75, 3.05) is 7.11 Å². The molecule has 0 spiro atoms.